The Morgan fingerprint density at radius 3 is 2.57 bits per heavy atom. The lowest BCUT2D eigenvalue weighted by Crippen LogP contribution is -2.28. The fraction of sp³-hybridized carbons (Fsp3) is 0.611. The quantitative estimate of drug-likeness (QED) is 0.814. The predicted octanol–water partition coefficient (Wildman–Crippen LogP) is 3.49. The van der Waals surface area contributed by atoms with Crippen molar-refractivity contribution < 1.29 is 4.79 Å². The average Bonchev–Trinajstić information content (AvgIpc) is 2.77. The fourth-order valence-electron chi connectivity index (χ4n) is 3.17. The van der Waals surface area contributed by atoms with Crippen molar-refractivity contribution in [1.29, 1.82) is 0 Å². The molecule has 2 N–H and O–H groups in total. The molecule has 3 nitrogen and oxygen atoms in total. The number of benzene rings is 1. The van der Waals surface area contributed by atoms with Gasteiger partial charge in [-0.25, -0.2) is 0 Å². The second kappa shape index (κ2) is 8.18. The molecule has 1 saturated carbocycles. The highest BCUT2D eigenvalue weighted by Gasteiger charge is 2.17. The van der Waals surface area contributed by atoms with Crippen molar-refractivity contribution in [2.24, 2.45) is 5.92 Å². The van der Waals surface area contributed by atoms with Gasteiger partial charge in [0.25, 0.3) is 5.91 Å². The van der Waals surface area contributed by atoms with Gasteiger partial charge in [-0.3, -0.25) is 4.79 Å². The first-order chi connectivity index (χ1) is 10.2. The van der Waals surface area contributed by atoms with Crippen LogP contribution in [0.25, 0.3) is 0 Å². The van der Waals surface area contributed by atoms with Gasteiger partial charge in [0.1, 0.15) is 0 Å². The van der Waals surface area contributed by atoms with Crippen LogP contribution in [-0.4, -0.2) is 19.0 Å². The largest absolute Gasteiger partial charge is 0.355 e. The Hall–Kier alpha value is -1.35. The molecule has 1 amide bonds. The van der Waals surface area contributed by atoms with Gasteiger partial charge in [0.15, 0.2) is 0 Å². The van der Waals surface area contributed by atoms with Crippen LogP contribution in [0.1, 0.15) is 61.4 Å². The zero-order valence-corrected chi connectivity index (χ0v) is 13.3. The summed E-state index contributed by atoms with van der Waals surface area (Å²) < 4.78 is 0. The Kier molecular flexibility index (Phi) is 6.24. The molecule has 1 aromatic rings. The van der Waals surface area contributed by atoms with E-state index < -0.39 is 0 Å². The zero-order chi connectivity index (χ0) is 15.1. The van der Waals surface area contributed by atoms with Crippen LogP contribution in [0.5, 0.6) is 0 Å². The highest BCUT2D eigenvalue weighted by molar-refractivity contribution is 5.93. The van der Waals surface area contributed by atoms with Gasteiger partial charge in [0.05, 0.1) is 0 Å². The molecule has 0 saturated heterocycles. The molecule has 0 radical (unpaired) electrons. The van der Waals surface area contributed by atoms with Gasteiger partial charge in [0.2, 0.25) is 0 Å². The number of carbonyl (C=O) groups is 1. The summed E-state index contributed by atoms with van der Waals surface area (Å²) in [6.07, 6.45) is 8.04. The molecule has 0 aromatic heterocycles. The van der Waals surface area contributed by atoms with E-state index in [1.54, 1.807) is 7.05 Å². The molecule has 2 atom stereocenters. The molecule has 3 heteroatoms. The summed E-state index contributed by atoms with van der Waals surface area (Å²) in [4.78, 5) is 11.5. The topological polar surface area (TPSA) is 41.1 Å². The van der Waals surface area contributed by atoms with E-state index in [4.69, 9.17) is 0 Å². The lowest BCUT2D eigenvalue weighted by Gasteiger charge is -2.16. The van der Waals surface area contributed by atoms with Gasteiger partial charge in [-0.2, -0.15) is 0 Å². The minimum absolute atomic E-state index is 0.0242. The number of carbonyl (C=O) groups excluding carboxylic acids is 1. The Bertz CT molecular complexity index is 441. The molecule has 0 heterocycles. The maximum Gasteiger partial charge on any atom is 0.251 e. The smallest absolute Gasteiger partial charge is 0.251 e. The number of hydrogen-bond donors (Lipinski definition) is 2. The fourth-order valence-corrected chi connectivity index (χ4v) is 3.17. The zero-order valence-electron chi connectivity index (χ0n) is 13.3. The second-order valence-electron chi connectivity index (χ2n) is 6.14. The van der Waals surface area contributed by atoms with E-state index in [0.717, 1.165) is 18.0 Å². The maximum atomic E-state index is 11.5. The van der Waals surface area contributed by atoms with Gasteiger partial charge in [-0.15, -0.1) is 0 Å². The number of nitrogens with one attached hydrogen (secondary N) is 2. The van der Waals surface area contributed by atoms with Gasteiger partial charge >= 0.3 is 0 Å². The lowest BCUT2D eigenvalue weighted by molar-refractivity contribution is 0.0963. The van der Waals surface area contributed by atoms with Gasteiger partial charge in [-0.05, 0) is 42.9 Å². The van der Waals surface area contributed by atoms with Crippen LogP contribution >= 0.6 is 0 Å². The molecule has 21 heavy (non-hydrogen) atoms. The molecule has 1 aromatic carbocycles. The van der Waals surface area contributed by atoms with Crippen molar-refractivity contribution in [2.75, 3.05) is 7.05 Å². The third kappa shape index (κ3) is 4.85. The molecule has 1 fully saturated rings. The standard InChI is InChI=1S/C18H28N2O/c1-3-14-5-4-6-17(12-9-14)20-13-15-7-10-16(11-8-15)18(21)19-2/h7-8,10-11,14,17,20H,3-6,9,12-13H2,1-2H3,(H,19,21). The summed E-state index contributed by atoms with van der Waals surface area (Å²) >= 11 is 0. The third-order valence-electron chi connectivity index (χ3n) is 4.70. The van der Waals surface area contributed by atoms with Crippen molar-refractivity contribution >= 4 is 5.91 Å². The lowest BCUT2D eigenvalue weighted by atomic mass is 9.98. The Morgan fingerprint density at radius 2 is 1.90 bits per heavy atom. The molecule has 0 bridgehead atoms. The van der Waals surface area contributed by atoms with Crippen molar-refractivity contribution in [1.82, 2.24) is 10.6 Å². The second-order valence-corrected chi connectivity index (χ2v) is 6.14. The summed E-state index contributed by atoms with van der Waals surface area (Å²) in [5, 5.41) is 6.33. The summed E-state index contributed by atoms with van der Waals surface area (Å²) in [6, 6.07) is 8.54. The normalized spacial score (nSPS) is 22.6. The molecule has 2 rings (SSSR count). The molecular formula is C18H28N2O. The molecular weight excluding hydrogens is 260 g/mol. The predicted molar refractivity (Wildman–Crippen MR) is 87.3 cm³/mol. The monoisotopic (exact) mass is 288 g/mol. The molecule has 1 aliphatic rings. The summed E-state index contributed by atoms with van der Waals surface area (Å²) in [5.74, 6) is 0.910. The minimum atomic E-state index is -0.0242. The van der Waals surface area contributed by atoms with Crippen LogP contribution in [0.4, 0.5) is 0 Å². The Morgan fingerprint density at radius 1 is 1.14 bits per heavy atom. The Labute approximate surface area is 128 Å². The first-order valence-corrected chi connectivity index (χ1v) is 8.27. The van der Waals surface area contributed by atoms with E-state index in [-0.39, 0.29) is 5.91 Å². The molecule has 116 valence electrons. The van der Waals surface area contributed by atoms with Crippen molar-refractivity contribution in [3.05, 3.63) is 35.4 Å². The van der Waals surface area contributed by atoms with E-state index in [2.05, 4.69) is 17.6 Å². The average molecular weight is 288 g/mol. The van der Waals surface area contributed by atoms with Crippen LogP contribution in [0.3, 0.4) is 0 Å². The molecule has 1 aliphatic carbocycles. The number of amides is 1. The summed E-state index contributed by atoms with van der Waals surface area (Å²) in [5.41, 5.74) is 1.97. The molecule has 2 unspecified atom stereocenters. The maximum absolute atomic E-state index is 11.5. The van der Waals surface area contributed by atoms with E-state index in [1.165, 1.54) is 44.1 Å². The first-order valence-electron chi connectivity index (χ1n) is 8.27. The van der Waals surface area contributed by atoms with E-state index in [0.29, 0.717) is 6.04 Å². The first kappa shape index (κ1) is 16.0. The third-order valence-corrected chi connectivity index (χ3v) is 4.70. The number of rotatable bonds is 5. The van der Waals surface area contributed by atoms with Crippen LogP contribution in [0, 0.1) is 5.92 Å². The summed E-state index contributed by atoms with van der Waals surface area (Å²) in [7, 11) is 1.66. The molecule has 0 aliphatic heterocycles. The van der Waals surface area contributed by atoms with E-state index in [1.807, 2.05) is 24.3 Å². The highest BCUT2D eigenvalue weighted by Crippen LogP contribution is 2.25. The van der Waals surface area contributed by atoms with Crippen molar-refractivity contribution in [3.63, 3.8) is 0 Å². The van der Waals surface area contributed by atoms with Crippen LogP contribution in [0.15, 0.2) is 24.3 Å². The molecule has 0 spiro atoms. The number of hydrogen-bond acceptors (Lipinski definition) is 2. The van der Waals surface area contributed by atoms with Crippen LogP contribution in [-0.2, 0) is 6.54 Å². The van der Waals surface area contributed by atoms with Gasteiger partial charge in [-0.1, -0.05) is 38.3 Å². The van der Waals surface area contributed by atoms with E-state index >= 15 is 0 Å². The highest BCUT2D eigenvalue weighted by atomic mass is 16.1. The van der Waals surface area contributed by atoms with Gasteiger partial charge < -0.3 is 10.6 Å². The van der Waals surface area contributed by atoms with E-state index in [9.17, 15) is 4.79 Å². The van der Waals surface area contributed by atoms with Crippen LogP contribution in [0.2, 0.25) is 0 Å². The minimum Gasteiger partial charge on any atom is -0.355 e. The van der Waals surface area contributed by atoms with Crippen molar-refractivity contribution in [3.8, 4) is 0 Å². The summed E-state index contributed by atoms with van der Waals surface area (Å²) in [6.45, 7) is 3.21. The SMILES string of the molecule is CCC1CCCC(NCc2ccc(C(=O)NC)cc2)CC1. The Balaban J connectivity index is 1.81. The van der Waals surface area contributed by atoms with Gasteiger partial charge in [0, 0.05) is 25.2 Å². The van der Waals surface area contributed by atoms with Crippen LogP contribution < -0.4 is 10.6 Å². The van der Waals surface area contributed by atoms with Crippen molar-refractivity contribution in [2.45, 2.75) is 58.0 Å².